The maximum atomic E-state index is 14.9. The molecule has 1 heterocycles. The number of hydrogen-bond donors (Lipinski definition) is 0. The van der Waals surface area contributed by atoms with Crippen molar-refractivity contribution in [3.05, 3.63) is 149 Å². The van der Waals surface area contributed by atoms with Gasteiger partial charge in [0.1, 0.15) is 0 Å². The van der Waals surface area contributed by atoms with Crippen LogP contribution >= 0.6 is 0 Å². The Hall–Kier alpha value is -4.17. The molecule has 4 aromatic rings. The van der Waals surface area contributed by atoms with Crippen LogP contribution in [0.4, 0.5) is 5.69 Å². The molecule has 0 fully saturated rings. The van der Waals surface area contributed by atoms with Crippen molar-refractivity contribution in [1.29, 1.82) is 0 Å². The number of likely N-dealkylation sites (N-methyl/N-ethyl adjacent to an activating group) is 1. The molecule has 2 nitrogen and oxygen atoms in total. The van der Waals surface area contributed by atoms with Crippen LogP contribution in [0.15, 0.2) is 121 Å². The molecule has 0 radical (unpaired) electrons. The van der Waals surface area contributed by atoms with Crippen LogP contribution in [-0.2, 0) is 5.41 Å². The number of para-hydroxylation sites is 1. The molecule has 0 saturated carbocycles. The molecule has 0 aromatic heterocycles. The molecule has 0 bridgehead atoms. The summed E-state index contributed by atoms with van der Waals surface area (Å²) in [6.07, 6.45) is 5.57. The summed E-state index contributed by atoms with van der Waals surface area (Å²) in [5, 5.41) is 0. The number of carbonyl (C=O) groups is 1. The zero-order valence-corrected chi connectivity index (χ0v) is 23.2. The van der Waals surface area contributed by atoms with Crippen molar-refractivity contribution in [3.63, 3.8) is 0 Å². The highest BCUT2D eigenvalue weighted by molar-refractivity contribution is 6.10. The molecule has 6 rings (SSSR count). The lowest BCUT2D eigenvalue weighted by Gasteiger charge is -2.53. The second kappa shape index (κ2) is 9.54. The topological polar surface area (TPSA) is 20.3 Å². The van der Waals surface area contributed by atoms with E-state index in [1.54, 1.807) is 0 Å². The largest absolute Gasteiger partial charge is 0.363 e. The van der Waals surface area contributed by atoms with Gasteiger partial charge in [0.05, 0.1) is 11.5 Å². The fourth-order valence-electron chi connectivity index (χ4n) is 7.01. The highest BCUT2D eigenvalue weighted by Gasteiger charge is 2.63. The van der Waals surface area contributed by atoms with Gasteiger partial charge < -0.3 is 4.90 Å². The summed E-state index contributed by atoms with van der Waals surface area (Å²) >= 11 is 0. The monoisotopic (exact) mass is 509 g/mol. The molecule has 194 valence electrons. The van der Waals surface area contributed by atoms with Crippen molar-refractivity contribution < 1.29 is 4.79 Å². The van der Waals surface area contributed by atoms with Gasteiger partial charge in [-0.25, -0.2) is 0 Å². The molecule has 2 heteroatoms. The van der Waals surface area contributed by atoms with Gasteiger partial charge in [-0.15, -0.1) is 0 Å². The van der Waals surface area contributed by atoms with Gasteiger partial charge in [-0.2, -0.15) is 0 Å². The molecule has 2 aliphatic rings. The molecule has 4 aromatic carbocycles. The number of nitrogens with zero attached hydrogens (tertiary/aromatic N) is 1. The Bertz CT molecular complexity index is 1580. The van der Waals surface area contributed by atoms with Crippen molar-refractivity contribution in [1.82, 2.24) is 0 Å². The molecule has 39 heavy (non-hydrogen) atoms. The second-order valence-corrected chi connectivity index (χ2v) is 11.2. The van der Waals surface area contributed by atoms with E-state index < -0.39 is 11.5 Å². The van der Waals surface area contributed by atoms with Gasteiger partial charge in [-0.05, 0) is 59.4 Å². The zero-order chi connectivity index (χ0) is 27.2. The van der Waals surface area contributed by atoms with Crippen LogP contribution in [0.2, 0.25) is 0 Å². The van der Waals surface area contributed by atoms with Gasteiger partial charge in [0.25, 0.3) is 0 Å². The number of benzene rings is 4. The van der Waals surface area contributed by atoms with Gasteiger partial charge >= 0.3 is 0 Å². The molecule has 0 saturated heterocycles. The number of fused-ring (bicyclic) bond motifs is 1. The highest BCUT2D eigenvalue weighted by atomic mass is 16.1. The maximum absolute atomic E-state index is 14.9. The summed E-state index contributed by atoms with van der Waals surface area (Å²) in [6.45, 7) is 6.73. The number of aryl methyl sites for hydroxylation is 1. The van der Waals surface area contributed by atoms with E-state index in [0.29, 0.717) is 0 Å². The lowest BCUT2D eigenvalue weighted by Crippen LogP contribution is -2.62. The minimum Gasteiger partial charge on any atom is -0.363 e. The van der Waals surface area contributed by atoms with Crippen LogP contribution in [0, 0.1) is 12.8 Å². The summed E-state index contributed by atoms with van der Waals surface area (Å²) in [5.41, 5.74) is 8.02. The smallest absolute Gasteiger partial charge is 0.173 e. The first-order chi connectivity index (χ1) is 18.9. The third-order valence-electron chi connectivity index (χ3n) is 9.26. The summed E-state index contributed by atoms with van der Waals surface area (Å²) in [4.78, 5) is 17.3. The number of allylic oxidation sites excluding steroid dienone is 2. The quantitative estimate of drug-likeness (QED) is 0.251. The molecule has 3 atom stereocenters. The Balaban J connectivity index is 1.70. The molecule has 1 aliphatic carbocycles. The third kappa shape index (κ3) is 3.73. The van der Waals surface area contributed by atoms with Crippen molar-refractivity contribution >= 4 is 22.6 Å². The van der Waals surface area contributed by atoms with Gasteiger partial charge in [-0.3, -0.25) is 4.79 Å². The van der Waals surface area contributed by atoms with E-state index in [0.717, 1.165) is 34.3 Å². The number of hydrogen-bond acceptors (Lipinski definition) is 2. The molecule has 0 N–H and O–H groups in total. The van der Waals surface area contributed by atoms with E-state index in [-0.39, 0.29) is 11.2 Å². The first kappa shape index (κ1) is 25.1. The van der Waals surface area contributed by atoms with E-state index in [2.05, 4.69) is 124 Å². The Morgan fingerprint density at radius 3 is 2.08 bits per heavy atom. The Morgan fingerprint density at radius 2 is 1.41 bits per heavy atom. The standard InChI is InChI=1S/C37H35NO/c1-5-36(3)32-18-12-13-19-33(32)38(4)37(36)25-30(27-14-8-6-9-15-27)24-31(28-22-20-26(2)21-23-28)34(37)35(39)29-16-10-7-11-17-29/h6-25,34H,5H2,1-4H3/t34-,36+,37-/m1/s1. The molecule has 0 unspecified atom stereocenters. The van der Waals surface area contributed by atoms with Crippen LogP contribution in [0.5, 0.6) is 0 Å². The van der Waals surface area contributed by atoms with Crippen molar-refractivity contribution in [2.24, 2.45) is 5.92 Å². The first-order valence-corrected chi connectivity index (χ1v) is 13.9. The Kier molecular flexibility index (Phi) is 6.14. The molecule has 0 amide bonds. The Morgan fingerprint density at radius 1 is 0.795 bits per heavy atom. The van der Waals surface area contributed by atoms with Crippen LogP contribution < -0.4 is 4.90 Å². The number of carbonyl (C=O) groups excluding carboxylic acids is 1. The first-order valence-electron chi connectivity index (χ1n) is 13.9. The summed E-state index contributed by atoms with van der Waals surface area (Å²) < 4.78 is 0. The summed E-state index contributed by atoms with van der Waals surface area (Å²) in [6, 6.07) is 37.8. The minimum atomic E-state index is -0.613. The van der Waals surface area contributed by atoms with E-state index >= 15 is 0 Å². The van der Waals surface area contributed by atoms with Crippen LogP contribution in [-0.4, -0.2) is 18.4 Å². The van der Waals surface area contributed by atoms with Crippen LogP contribution in [0.3, 0.4) is 0 Å². The lowest BCUT2D eigenvalue weighted by atomic mass is 9.55. The summed E-state index contributed by atoms with van der Waals surface area (Å²) in [7, 11) is 2.18. The van der Waals surface area contributed by atoms with Crippen LogP contribution in [0.1, 0.15) is 52.9 Å². The minimum absolute atomic E-state index is 0.158. The van der Waals surface area contributed by atoms with E-state index in [1.165, 1.54) is 16.8 Å². The molecule has 1 spiro atoms. The van der Waals surface area contributed by atoms with E-state index in [9.17, 15) is 4.79 Å². The summed E-state index contributed by atoms with van der Waals surface area (Å²) in [5.74, 6) is -0.248. The maximum Gasteiger partial charge on any atom is 0.173 e. The highest BCUT2D eigenvalue weighted by Crippen LogP contribution is 2.61. The normalized spacial score (nSPS) is 23.8. The molecular weight excluding hydrogens is 474 g/mol. The number of ketones is 1. The Labute approximate surface area is 232 Å². The van der Waals surface area contributed by atoms with Gasteiger partial charge in [-0.1, -0.05) is 123 Å². The van der Waals surface area contributed by atoms with Crippen molar-refractivity contribution in [2.75, 3.05) is 11.9 Å². The predicted molar refractivity (Wildman–Crippen MR) is 163 cm³/mol. The van der Waals surface area contributed by atoms with E-state index in [1.807, 2.05) is 30.3 Å². The van der Waals surface area contributed by atoms with Gasteiger partial charge in [0, 0.05) is 23.7 Å². The predicted octanol–water partition coefficient (Wildman–Crippen LogP) is 8.53. The lowest BCUT2D eigenvalue weighted by molar-refractivity contribution is 0.0877. The van der Waals surface area contributed by atoms with Crippen molar-refractivity contribution in [3.8, 4) is 0 Å². The van der Waals surface area contributed by atoms with Crippen LogP contribution in [0.25, 0.3) is 11.1 Å². The SMILES string of the molecule is CC[C@@]1(C)c2ccccc2N(C)[C@@]12C=C(c1ccccc1)C=C(c1ccc(C)cc1)[C@@H]2C(=O)c1ccccc1. The zero-order valence-electron chi connectivity index (χ0n) is 23.2. The number of Topliss-reactive ketones (excluding diaryl/α,β-unsaturated/α-hetero) is 1. The fraction of sp³-hybridized carbons (Fsp3) is 0.216. The van der Waals surface area contributed by atoms with E-state index in [4.69, 9.17) is 0 Å². The van der Waals surface area contributed by atoms with Gasteiger partial charge in [0.2, 0.25) is 0 Å². The average molecular weight is 510 g/mol. The number of rotatable bonds is 5. The van der Waals surface area contributed by atoms with Gasteiger partial charge in [0.15, 0.2) is 5.78 Å². The molecular formula is C37H35NO. The number of anilines is 1. The second-order valence-electron chi connectivity index (χ2n) is 11.2. The molecule has 1 aliphatic heterocycles. The fourth-order valence-corrected chi connectivity index (χ4v) is 7.01. The third-order valence-corrected chi connectivity index (χ3v) is 9.26. The average Bonchev–Trinajstić information content (AvgIpc) is 3.17. The van der Waals surface area contributed by atoms with Crippen molar-refractivity contribution in [2.45, 2.75) is 38.1 Å².